The van der Waals surface area contributed by atoms with Crippen molar-refractivity contribution < 1.29 is 9.59 Å². The van der Waals surface area contributed by atoms with Gasteiger partial charge in [0.1, 0.15) is 0 Å². The fourth-order valence-corrected chi connectivity index (χ4v) is 1.79. The minimum atomic E-state index is -0.191. The Balaban J connectivity index is 0.000000235. The van der Waals surface area contributed by atoms with Crippen LogP contribution >= 0.6 is 0 Å². The van der Waals surface area contributed by atoms with Gasteiger partial charge in [0.15, 0.2) is 0 Å². The number of amides is 2. The van der Waals surface area contributed by atoms with Crippen molar-refractivity contribution in [2.45, 2.75) is 6.42 Å². The number of hydrogen-bond acceptors (Lipinski definition) is 3. The topological polar surface area (TPSA) is 40.6 Å². The fourth-order valence-electron chi connectivity index (χ4n) is 1.79. The van der Waals surface area contributed by atoms with E-state index in [1.54, 1.807) is 0 Å². The lowest BCUT2D eigenvalue weighted by Gasteiger charge is -2.15. The van der Waals surface area contributed by atoms with Gasteiger partial charge < -0.3 is 4.90 Å². The average Bonchev–Trinajstić information content (AvgIpc) is 2.80. The van der Waals surface area contributed by atoms with E-state index < -0.39 is 0 Å². The predicted molar refractivity (Wildman–Crippen MR) is 85.6 cm³/mol. The van der Waals surface area contributed by atoms with E-state index in [1.165, 1.54) is 22.6 Å². The van der Waals surface area contributed by atoms with Crippen LogP contribution in [0.5, 0.6) is 0 Å². The number of carbonyl (C=O) groups is 2. The van der Waals surface area contributed by atoms with Crippen LogP contribution in [0.1, 0.15) is 12.0 Å². The summed E-state index contributed by atoms with van der Waals surface area (Å²) < 4.78 is 0. The summed E-state index contributed by atoms with van der Waals surface area (Å²) in [5.74, 6) is -0.382. The number of carbonyl (C=O) groups excluding carboxylic acids is 2. The van der Waals surface area contributed by atoms with Gasteiger partial charge in [0, 0.05) is 18.7 Å². The second-order valence-corrected chi connectivity index (χ2v) is 4.93. The average molecular weight is 286 g/mol. The first-order chi connectivity index (χ1) is 10.0. The Labute approximate surface area is 126 Å². The minimum absolute atomic E-state index is 0.191. The van der Waals surface area contributed by atoms with Crippen molar-refractivity contribution in [3.63, 3.8) is 0 Å². The quantitative estimate of drug-likeness (QED) is 0.779. The number of nitrogens with zero attached hydrogens (tertiary/aromatic N) is 2. The van der Waals surface area contributed by atoms with Gasteiger partial charge in [0.2, 0.25) is 0 Å². The van der Waals surface area contributed by atoms with Crippen LogP contribution in [0.2, 0.25) is 0 Å². The molecule has 2 amide bonds. The standard InChI is InChI=1S/C9H14N2O2.C8H8/c1-10(2)6-3-7-11-8(12)4-5-9(11)13;1-2-8-6-4-3-5-7-8/h4-5H,3,6-7H2,1-2H3;2-7H,1H2. The van der Waals surface area contributed by atoms with E-state index in [1.807, 2.05) is 55.4 Å². The van der Waals surface area contributed by atoms with Crippen LogP contribution in [0.3, 0.4) is 0 Å². The molecular weight excluding hydrogens is 264 g/mol. The summed E-state index contributed by atoms with van der Waals surface area (Å²) in [4.78, 5) is 25.4. The molecule has 0 aliphatic carbocycles. The molecule has 1 aromatic rings. The van der Waals surface area contributed by atoms with Crippen molar-refractivity contribution >= 4 is 17.9 Å². The van der Waals surface area contributed by atoms with Crippen LogP contribution in [-0.2, 0) is 9.59 Å². The van der Waals surface area contributed by atoms with Crippen molar-refractivity contribution in [1.82, 2.24) is 9.80 Å². The molecule has 1 heterocycles. The van der Waals surface area contributed by atoms with Crippen LogP contribution in [0, 0.1) is 0 Å². The van der Waals surface area contributed by atoms with Crippen molar-refractivity contribution in [2.24, 2.45) is 0 Å². The zero-order valence-electron chi connectivity index (χ0n) is 12.7. The van der Waals surface area contributed by atoms with Crippen molar-refractivity contribution in [3.05, 3.63) is 54.6 Å². The van der Waals surface area contributed by atoms with Gasteiger partial charge in [-0.05, 0) is 32.6 Å². The molecule has 4 nitrogen and oxygen atoms in total. The lowest BCUT2D eigenvalue weighted by Crippen LogP contribution is -2.32. The smallest absolute Gasteiger partial charge is 0.253 e. The summed E-state index contributed by atoms with van der Waals surface area (Å²) in [6.07, 6.45) is 5.29. The maximum absolute atomic E-state index is 11.1. The van der Waals surface area contributed by atoms with Gasteiger partial charge in [-0.2, -0.15) is 0 Å². The SMILES string of the molecule is C=Cc1ccccc1.CN(C)CCCN1C(=O)C=CC1=O. The van der Waals surface area contributed by atoms with E-state index in [9.17, 15) is 9.59 Å². The van der Waals surface area contributed by atoms with Gasteiger partial charge in [0.05, 0.1) is 0 Å². The van der Waals surface area contributed by atoms with Crippen LogP contribution in [-0.4, -0.2) is 48.8 Å². The highest BCUT2D eigenvalue weighted by Crippen LogP contribution is 2.04. The molecule has 4 heteroatoms. The summed E-state index contributed by atoms with van der Waals surface area (Å²) in [5.41, 5.74) is 1.17. The highest BCUT2D eigenvalue weighted by atomic mass is 16.2. The Morgan fingerprint density at radius 2 is 1.67 bits per heavy atom. The van der Waals surface area contributed by atoms with Gasteiger partial charge in [-0.3, -0.25) is 14.5 Å². The maximum Gasteiger partial charge on any atom is 0.253 e. The van der Waals surface area contributed by atoms with Gasteiger partial charge in [-0.1, -0.05) is 43.0 Å². The van der Waals surface area contributed by atoms with Gasteiger partial charge in [0.25, 0.3) is 11.8 Å². The third-order valence-corrected chi connectivity index (χ3v) is 2.92. The molecule has 0 fully saturated rings. The van der Waals surface area contributed by atoms with Crippen LogP contribution in [0.15, 0.2) is 49.1 Å². The molecule has 112 valence electrons. The molecule has 0 unspecified atom stereocenters. The van der Waals surface area contributed by atoms with E-state index in [-0.39, 0.29) is 11.8 Å². The molecule has 1 aliphatic rings. The molecule has 0 radical (unpaired) electrons. The number of benzene rings is 1. The second-order valence-electron chi connectivity index (χ2n) is 4.93. The molecule has 0 spiro atoms. The first-order valence-corrected chi connectivity index (χ1v) is 6.90. The van der Waals surface area contributed by atoms with Gasteiger partial charge in [-0.15, -0.1) is 0 Å². The highest BCUT2D eigenvalue weighted by Gasteiger charge is 2.22. The molecule has 21 heavy (non-hydrogen) atoms. The lowest BCUT2D eigenvalue weighted by molar-refractivity contribution is -0.136. The molecule has 0 saturated heterocycles. The minimum Gasteiger partial charge on any atom is -0.309 e. The monoisotopic (exact) mass is 286 g/mol. The Kier molecular flexibility index (Phi) is 7.12. The second kappa shape index (κ2) is 8.87. The van der Waals surface area contributed by atoms with E-state index >= 15 is 0 Å². The molecule has 0 aromatic heterocycles. The molecular formula is C17H22N2O2. The van der Waals surface area contributed by atoms with Crippen LogP contribution < -0.4 is 0 Å². The Morgan fingerprint density at radius 3 is 2.10 bits per heavy atom. The van der Waals surface area contributed by atoms with Crippen LogP contribution in [0.4, 0.5) is 0 Å². The van der Waals surface area contributed by atoms with E-state index in [2.05, 4.69) is 6.58 Å². The zero-order chi connectivity index (χ0) is 15.7. The van der Waals surface area contributed by atoms with Gasteiger partial charge in [-0.25, -0.2) is 0 Å². The molecule has 1 aliphatic heterocycles. The normalized spacial score (nSPS) is 13.4. The van der Waals surface area contributed by atoms with Crippen LogP contribution in [0.25, 0.3) is 6.08 Å². The van der Waals surface area contributed by atoms with E-state index in [0.29, 0.717) is 6.54 Å². The number of hydrogen-bond donors (Lipinski definition) is 0. The number of rotatable bonds is 5. The van der Waals surface area contributed by atoms with Crippen molar-refractivity contribution in [2.75, 3.05) is 27.2 Å². The lowest BCUT2D eigenvalue weighted by atomic mass is 10.2. The summed E-state index contributed by atoms with van der Waals surface area (Å²) in [7, 11) is 3.93. The van der Waals surface area contributed by atoms with Crippen molar-refractivity contribution in [3.8, 4) is 0 Å². The predicted octanol–water partition coefficient (Wildman–Crippen LogP) is 2.19. The first kappa shape index (κ1) is 16.9. The Morgan fingerprint density at radius 1 is 1.10 bits per heavy atom. The Hall–Kier alpha value is -2.20. The molecule has 0 N–H and O–H groups in total. The number of imide groups is 1. The third kappa shape index (κ3) is 6.19. The molecule has 0 saturated carbocycles. The van der Waals surface area contributed by atoms with Gasteiger partial charge >= 0.3 is 0 Å². The first-order valence-electron chi connectivity index (χ1n) is 6.90. The Bertz CT molecular complexity index is 489. The zero-order valence-corrected chi connectivity index (χ0v) is 12.7. The summed E-state index contributed by atoms with van der Waals surface area (Å²) >= 11 is 0. The maximum atomic E-state index is 11.1. The third-order valence-electron chi connectivity index (χ3n) is 2.92. The summed E-state index contributed by atoms with van der Waals surface area (Å²) in [5, 5.41) is 0. The van der Waals surface area contributed by atoms with Crippen molar-refractivity contribution in [1.29, 1.82) is 0 Å². The fraction of sp³-hybridized carbons (Fsp3) is 0.294. The van der Waals surface area contributed by atoms with E-state index in [4.69, 9.17) is 0 Å². The van der Waals surface area contributed by atoms with E-state index in [0.717, 1.165) is 13.0 Å². The molecule has 0 bridgehead atoms. The summed E-state index contributed by atoms with van der Waals surface area (Å²) in [6.45, 7) is 5.03. The molecule has 2 rings (SSSR count). The summed E-state index contributed by atoms with van der Waals surface area (Å²) in [6, 6.07) is 10.0. The highest BCUT2D eigenvalue weighted by molar-refractivity contribution is 6.12. The molecule has 0 atom stereocenters. The largest absolute Gasteiger partial charge is 0.309 e. The molecule has 1 aromatic carbocycles.